The maximum Gasteiger partial charge on any atom is 0.219 e. The first-order valence-corrected chi connectivity index (χ1v) is 8.81. The molecule has 1 aliphatic rings. The van der Waals surface area contributed by atoms with Gasteiger partial charge in [-0.1, -0.05) is 35.5 Å². The molecule has 3 rings (SSSR count). The Balaban J connectivity index is 1.86. The van der Waals surface area contributed by atoms with Crippen LogP contribution in [0, 0.1) is 0 Å². The Labute approximate surface area is 146 Å². The summed E-state index contributed by atoms with van der Waals surface area (Å²) in [4.78, 5) is 17.9. The van der Waals surface area contributed by atoms with Gasteiger partial charge >= 0.3 is 0 Å². The molecule has 2 aromatic rings. The van der Waals surface area contributed by atoms with E-state index in [0.29, 0.717) is 0 Å². The predicted octanol–water partition coefficient (Wildman–Crippen LogP) is 4.81. The van der Waals surface area contributed by atoms with Crippen molar-refractivity contribution in [1.29, 1.82) is 0 Å². The molecule has 0 spiro atoms. The molecule has 1 aliphatic heterocycles. The van der Waals surface area contributed by atoms with Crippen molar-refractivity contribution in [2.24, 2.45) is 0 Å². The molecule has 0 bridgehead atoms. The second-order valence-electron chi connectivity index (χ2n) is 5.63. The standard InChI is InChI=1S/C18H19ClN2OS/c1-13(22)20(2)10-5-11-21-15-6-3-4-7-17(15)23-18-9-8-14(19)12-16(18)21/h3-4,6-9,12H,5,10-11H2,1-2H3. The Kier molecular flexibility index (Phi) is 4.83. The van der Waals surface area contributed by atoms with Crippen molar-refractivity contribution in [3.05, 3.63) is 47.5 Å². The second-order valence-corrected chi connectivity index (χ2v) is 7.15. The van der Waals surface area contributed by atoms with E-state index in [0.717, 1.165) is 30.2 Å². The summed E-state index contributed by atoms with van der Waals surface area (Å²) in [7, 11) is 1.84. The molecule has 1 amide bonds. The largest absolute Gasteiger partial charge is 0.346 e. The van der Waals surface area contributed by atoms with Crippen LogP contribution in [0.1, 0.15) is 13.3 Å². The topological polar surface area (TPSA) is 23.6 Å². The molecule has 0 atom stereocenters. The number of hydrogen-bond donors (Lipinski definition) is 0. The molecular weight excluding hydrogens is 328 g/mol. The monoisotopic (exact) mass is 346 g/mol. The van der Waals surface area contributed by atoms with Gasteiger partial charge in [0.15, 0.2) is 0 Å². The summed E-state index contributed by atoms with van der Waals surface area (Å²) in [6.45, 7) is 3.20. The van der Waals surface area contributed by atoms with E-state index in [-0.39, 0.29) is 5.91 Å². The van der Waals surface area contributed by atoms with Gasteiger partial charge in [0.05, 0.1) is 11.4 Å². The molecular formula is C18H19ClN2OS. The van der Waals surface area contributed by atoms with Crippen LogP contribution in [0.4, 0.5) is 11.4 Å². The number of carbonyl (C=O) groups excluding carboxylic acids is 1. The van der Waals surface area contributed by atoms with Crippen molar-refractivity contribution in [3.8, 4) is 0 Å². The van der Waals surface area contributed by atoms with Crippen LogP contribution < -0.4 is 4.90 Å². The fraction of sp³-hybridized carbons (Fsp3) is 0.278. The minimum absolute atomic E-state index is 0.100. The number of fused-ring (bicyclic) bond motifs is 2. The smallest absolute Gasteiger partial charge is 0.219 e. The maximum absolute atomic E-state index is 11.4. The number of benzene rings is 2. The molecule has 120 valence electrons. The van der Waals surface area contributed by atoms with Gasteiger partial charge in [0.2, 0.25) is 5.91 Å². The number of halogens is 1. The van der Waals surface area contributed by atoms with Crippen LogP contribution >= 0.6 is 23.4 Å². The molecule has 0 aromatic heterocycles. The number of amides is 1. The Morgan fingerprint density at radius 2 is 1.91 bits per heavy atom. The molecule has 0 saturated carbocycles. The fourth-order valence-corrected chi connectivity index (χ4v) is 3.91. The van der Waals surface area contributed by atoms with Gasteiger partial charge in [-0.05, 0) is 36.8 Å². The Hall–Kier alpha value is -1.65. The van der Waals surface area contributed by atoms with Gasteiger partial charge in [-0.15, -0.1) is 0 Å². The molecule has 5 heteroatoms. The van der Waals surface area contributed by atoms with Crippen molar-refractivity contribution in [3.63, 3.8) is 0 Å². The third kappa shape index (κ3) is 3.48. The van der Waals surface area contributed by atoms with Crippen molar-refractivity contribution >= 4 is 40.6 Å². The maximum atomic E-state index is 11.4. The van der Waals surface area contributed by atoms with Gasteiger partial charge in [0, 0.05) is 41.9 Å². The van der Waals surface area contributed by atoms with Gasteiger partial charge < -0.3 is 9.80 Å². The van der Waals surface area contributed by atoms with Crippen LogP contribution in [0.3, 0.4) is 0 Å². The molecule has 23 heavy (non-hydrogen) atoms. The molecule has 0 N–H and O–H groups in total. The summed E-state index contributed by atoms with van der Waals surface area (Å²) >= 11 is 7.98. The van der Waals surface area contributed by atoms with Gasteiger partial charge in [-0.25, -0.2) is 0 Å². The Bertz CT molecular complexity index is 735. The van der Waals surface area contributed by atoms with E-state index in [1.165, 1.54) is 15.5 Å². The van der Waals surface area contributed by atoms with E-state index in [1.807, 2.05) is 19.2 Å². The summed E-state index contributed by atoms with van der Waals surface area (Å²) in [5.74, 6) is 0.100. The van der Waals surface area contributed by atoms with Crippen LogP contribution in [0.2, 0.25) is 5.02 Å². The van der Waals surface area contributed by atoms with E-state index >= 15 is 0 Å². The number of para-hydroxylation sites is 1. The van der Waals surface area contributed by atoms with Gasteiger partial charge in [0.25, 0.3) is 0 Å². The number of rotatable bonds is 4. The molecule has 0 radical (unpaired) electrons. The highest BCUT2D eigenvalue weighted by molar-refractivity contribution is 7.99. The summed E-state index contributed by atoms with van der Waals surface area (Å²) < 4.78 is 0. The van der Waals surface area contributed by atoms with E-state index < -0.39 is 0 Å². The number of anilines is 2. The van der Waals surface area contributed by atoms with Crippen LogP contribution in [0.5, 0.6) is 0 Å². The first-order valence-electron chi connectivity index (χ1n) is 7.62. The summed E-state index contributed by atoms with van der Waals surface area (Å²) in [5, 5.41) is 0.745. The molecule has 3 nitrogen and oxygen atoms in total. The van der Waals surface area contributed by atoms with Crippen molar-refractivity contribution < 1.29 is 4.79 Å². The van der Waals surface area contributed by atoms with E-state index in [1.54, 1.807) is 23.6 Å². The van der Waals surface area contributed by atoms with Gasteiger partial charge in [-0.3, -0.25) is 4.79 Å². The third-order valence-electron chi connectivity index (χ3n) is 4.00. The molecule has 1 heterocycles. The SMILES string of the molecule is CC(=O)N(C)CCCN1c2ccccc2Sc2ccc(Cl)cc21. The lowest BCUT2D eigenvalue weighted by atomic mass is 10.2. The first-order chi connectivity index (χ1) is 11.1. The minimum atomic E-state index is 0.100. The number of carbonyl (C=O) groups is 1. The molecule has 2 aromatic carbocycles. The van der Waals surface area contributed by atoms with Gasteiger partial charge in [-0.2, -0.15) is 0 Å². The zero-order valence-corrected chi connectivity index (χ0v) is 14.8. The Morgan fingerprint density at radius 3 is 2.70 bits per heavy atom. The van der Waals surface area contributed by atoms with E-state index in [9.17, 15) is 4.79 Å². The van der Waals surface area contributed by atoms with Gasteiger partial charge in [0.1, 0.15) is 0 Å². The molecule has 0 unspecified atom stereocenters. The Morgan fingerprint density at radius 1 is 1.17 bits per heavy atom. The summed E-state index contributed by atoms with van der Waals surface area (Å²) in [6, 6.07) is 14.4. The minimum Gasteiger partial charge on any atom is -0.346 e. The lowest BCUT2D eigenvalue weighted by Crippen LogP contribution is -2.29. The number of hydrogen-bond acceptors (Lipinski definition) is 3. The van der Waals surface area contributed by atoms with Crippen LogP contribution in [0.15, 0.2) is 52.3 Å². The average molecular weight is 347 g/mol. The van der Waals surface area contributed by atoms with E-state index in [4.69, 9.17) is 11.6 Å². The molecule has 0 fully saturated rings. The second kappa shape index (κ2) is 6.85. The highest BCUT2D eigenvalue weighted by atomic mass is 35.5. The average Bonchev–Trinajstić information content (AvgIpc) is 2.54. The zero-order chi connectivity index (χ0) is 16.4. The summed E-state index contributed by atoms with van der Waals surface area (Å²) in [5.41, 5.74) is 2.35. The van der Waals surface area contributed by atoms with Crippen molar-refractivity contribution in [2.45, 2.75) is 23.1 Å². The normalized spacial score (nSPS) is 12.6. The highest BCUT2D eigenvalue weighted by Crippen LogP contribution is 2.48. The lowest BCUT2D eigenvalue weighted by Gasteiger charge is -2.33. The zero-order valence-electron chi connectivity index (χ0n) is 13.3. The third-order valence-corrected chi connectivity index (χ3v) is 5.37. The van der Waals surface area contributed by atoms with Crippen LogP contribution in [-0.2, 0) is 4.79 Å². The predicted molar refractivity (Wildman–Crippen MR) is 97.0 cm³/mol. The molecule has 0 aliphatic carbocycles. The first kappa shape index (κ1) is 16.2. The molecule has 0 saturated heterocycles. The highest BCUT2D eigenvalue weighted by Gasteiger charge is 2.23. The fourth-order valence-electron chi connectivity index (χ4n) is 2.67. The quantitative estimate of drug-likeness (QED) is 0.793. The summed E-state index contributed by atoms with van der Waals surface area (Å²) in [6.07, 6.45) is 0.904. The van der Waals surface area contributed by atoms with Crippen molar-refractivity contribution in [2.75, 3.05) is 25.0 Å². The van der Waals surface area contributed by atoms with Crippen LogP contribution in [0.25, 0.3) is 0 Å². The lowest BCUT2D eigenvalue weighted by molar-refractivity contribution is -0.127. The van der Waals surface area contributed by atoms with Crippen molar-refractivity contribution in [1.82, 2.24) is 4.90 Å². The number of nitrogens with zero attached hydrogens (tertiary/aromatic N) is 2. The van der Waals surface area contributed by atoms with E-state index in [2.05, 4.69) is 35.2 Å². The van der Waals surface area contributed by atoms with Crippen LogP contribution in [-0.4, -0.2) is 30.9 Å².